The van der Waals surface area contributed by atoms with E-state index in [9.17, 15) is 9.90 Å². The minimum atomic E-state index is -0.909. The summed E-state index contributed by atoms with van der Waals surface area (Å²) >= 11 is 0. The third-order valence-electron chi connectivity index (χ3n) is 5.94. The highest BCUT2D eigenvalue weighted by molar-refractivity contribution is 5.92. The van der Waals surface area contributed by atoms with Gasteiger partial charge in [-0.3, -0.25) is 0 Å². The van der Waals surface area contributed by atoms with Gasteiger partial charge in [0.2, 0.25) is 0 Å². The zero-order valence-electron chi connectivity index (χ0n) is 16.9. The summed E-state index contributed by atoms with van der Waals surface area (Å²) < 4.78 is 2.39. The normalized spacial score (nSPS) is 21.7. The van der Waals surface area contributed by atoms with Gasteiger partial charge >= 0.3 is 5.97 Å². The molecule has 0 bridgehead atoms. The first-order valence-electron chi connectivity index (χ1n) is 10.1. The molecular weight excluding hydrogens is 348 g/mol. The number of benzene rings is 2. The fraction of sp³-hybridized carbons (Fsp3) is 0.417. The molecule has 2 aromatic carbocycles. The topological polar surface area (TPSA) is 55.1 Å². The zero-order valence-corrected chi connectivity index (χ0v) is 16.9. The number of hydrogen-bond acceptors (Lipinski definition) is 2. The molecule has 0 saturated heterocycles. The number of aromatic nitrogens is 2. The van der Waals surface area contributed by atoms with Crippen LogP contribution in [0.25, 0.3) is 11.0 Å². The highest BCUT2D eigenvalue weighted by Gasteiger charge is 2.34. The zero-order chi connectivity index (χ0) is 19.9. The van der Waals surface area contributed by atoms with Crippen molar-refractivity contribution in [2.75, 3.05) is 0 Å². The fourth-order valence-electron chi connectivity index (χ4n) is 5.08. The van der Waals surface area contributed by atoms with E-state index < -0.39 is 5.97 Å². The molecule has 1 saturated carbocycles. The van der Waals surface area contributed by atoms with E-state index in [0.717, 1.165) is 36.1 Å². The van der Waals surface area contributed by atoms with Crippen LogP contribution in [0.5, 0.6) is 0 Å². The maximum absolute atomic E-state index is 11.4. The number of nitrogens with zero attached hydrogens (tertiary/aromatic N) is 2. The Morgan fingerprint density at radius 2 is 1.93 bits per heavy atom. The van der Waals surface area contributed by atoms with E-state index in [1.807, 2.05) is 12.1 Å². The van der Waals surface area contributed by atoms with E-state index in [-0.39, 0.29) is 0 Å². The lowest BCUT2D eigenvalue weighted by atomic mass is 9.70. The first-order valence-corrected chi connectivity index (χ1v) is 10.1. The van der Waals surface area contributed by atoms with Crippen molar-refractivity contribution in [2.24, 2.45) is 11.3 Å². The molecule has 2 atom stereocenters. The maximum atomic E-state index is 11.4. The molecule has 1 N–H and O–H groups in total. The van der Waals surface area contributed by atoms with E-state index in [4.69, 9.17) is 4.98 Å². The third kappa shape index (κ3) is 3.68. The molecule has 4 rings (SSSR count). The number of carbonyl (C=O) groups is 1. The lowest BCUT2D eigenvalue weighted by Crippen LogP contribution is -2.30. The molecule has 0 radical (unpaired) electrons. The molecule has 146 valence electrons. The molecule has 0 aliphatic heterocycles. The van der Waals surface area contributed by atoms with E-state index >= 15 is 0 Å². The standard InChI is InChI=1S/C24H28N2O2/c1-16-11-19(15-24(2,3)14-16)26-21-10-9-18(23(27)28)13-20(21)25-22(26)12-17-7-5-4-6-8-17/h4-10,13,16,19H,11-12,14-15H2,1-3H3,(H,27,28)/t16-,19?/m0/s1. The molecule has 3 aromatic rings. The largest absolute Gasteiger partial charge is 0.478 e. The van der Waals surface area contributed by atoms with E-state index in [2.05, 4.69) is 49.6 Å². The Balaban J connectivity index is 1.83. The van der Waals surface area contributed by atoms with Gasteiger partial charge in [0, 0.05) is 12.5 Å². The summed E-state index contributed by atoms with van der Waals surface area (Å²) in [6, 6.07) is 16.1. The first-order chi connectivity index (χ1) is 13.3. The Morgan fingerprint density at radius 3 is 2.61 bits per heavy atom. The number of carboxylic acids is 1. The predicted molar refractivity (Wildman–Crippen MR) is 112 cm³/mol. The molecule has 28 heavy (non-hydrogen) atoms. The Morgan fingerprint density at radius 1 is 1.18 bits per heavy atom. The average molecular weight is 377 g/mol. The summed E-state index contributed by atoms with van der Waals surface area (Å²) in [5.41, 5.74) is 3.64. The molecule has 1 unspecified atom stereocenters. The molecule has 4 heteroatoms. The van der Waals surface area contributed by atoms with Gasteiger partial charge in [0.15, 0.2) is 0 Å². The van der Waals surface area contributed by atoms with Gasteiger partial charge in [-0.15, -0.1) is 0 Å². The van der Waals surface area contributed by atoms with Crippen LogP contribution in [0.2, 0.25) is 0 Å². The lowest BCUT2D eigenvalue weighted by molar-refractivity contribution is 0.0697. The van der Waals surface area contributed by atoms with Crippen LogP contribution in [-0.4, -0.2) is 20.6 Å². The molecule has 1 heterocycles. The number of rotatable bonds is 4. The minimum absolute atomic E-state index is 0.292. The van der Waals surface area contributed by atoms with Crippen molar-refractivity contribution in [3.05, 3.63) is 65.5 Å². The van der Waals surface area contributed by atoms with Crippen molar-refractivity contribution >= 4 is 17.0 Å². The van der Waals surface area contributed by atoms with Crippen LogP contribution in [0.15, 0.2) is 48.5 Å². The van der Waals surface area contributed by atoms with Crippen molar-refractivity contribution in [3.8, 4) is 0 Å². The van der Waals surface area contributed by atoms with E-state index in [0.29, 0.717) is 22.9 Å². The van der Waals surface area contributed by atoms with Gasteiger partial charge in [-0.25, -0.2) is 9.78 Å². The molecule has 4 nitrogen and oxygen atoms in total. The van der Waals surface area contributed by atoms with Crippen LogP contribution in [0.4, 0.5) is 0 Å². The highest BCUT2D eigenvalue weighted by atomic mass is 16.4. The second-order valence-corrected chi connectivity index (χ2v) is 9.14. The van der Waals surface area contributed by atoms with Gasteiger partial charge in [-0.1, -0.05) is 51.1 Å². The quantitative estimate of drug-likeness (QED) is 0.634. The number of aromatic carboxylic acids is 1. The summed E-state index contributed by atoms with van der Waals surface area (Å²) in [5, 5.41) is 9.37. The summed E-state index contributed by atoms with van der Waals surface area (Å²) in [6.45, 7) is 7.05. The highest BCUT2D eigenvalue weighted by Crippen LogP contribution is 2.45. The van der Waals surface area contributed by atoms with Crippen LogP contribution < -0.4 is 0 Å². The number of hydrogen-bond donors (Lipinski definition) is 1. The van der Waals surface area contributed by atoms with E-state index in [1.54, 1.807) is 12.1 Å². The Bertz CT molecular complexity index is 1000. The van der Waals surface area contributed by atoms with Crippen LogP contribution in [0.1, 0.15) is 67.8 Å². The van der Waals surface area contributed by atoms with Crippen LogP contribution in [0, 0.1) is 11.3 Å². The van der Waals surface area contributed by atoms with Gasteiger partial charge in [0.1, 0.15) is 5.82 Å². The van der Waals surface area contributed by atoms with Crippen molar-refractivity contribution in [3.63, 3.8) is 0 Å². The molecule has 1 fully saturated rings. The number of carboxylic acid groups (broad SMARTS) is 1. The summed E-state index contributed by atoms with van der Waals surface area (Å²) in [5.74, 6) is 0.779. The lowest BCUT2D eigenvalue weighted by Gasteiger charge is -2.40. The van der Waals surface area contributed by atoms with Gasteiger partial charge in [-0.2, -0.15) is 0 Å². The van der Waals surface area contributed by atoms with Gasteiger partial charge in [-0.05, 0) is 54.4 Å². The predicted octanol–water partition coefficient (Wildman–Crippen LogP) is 5.71. The molecule has 1 aliphatic rings. The van der Waals surface area contributed by atoms with Crippen LogP contribution in [0.3, 0.4) is 0 Å². The smallest absolute Gasteiger partial charge is 0.335 e. The first kappa shape index (κ1) is 18.7. The summed E-state index contributed by atoms with van der Waals surface area (Å²) in [7, 11) is 0. The molecule has 1 aromatic heterocycles. The average Bonchev–Trinajstić information content (AvgIpc) is 2.97. The van der Waals surface area contributed by atoms with Gasteiger partial charge in [0.25, 0.3) is 0 Å². The second kappa shape index (κ2) is 7.08. The van der Waals surface area contributed by atoms with Crippen LogP contribution >= 0.6 is 0 Å². The van der Waals surface area contributed by atoms with Crippen molar-refractivity contribution < 1.29 is 9.90 Å². The molecular formula is C24H28N2O2. The second-order valence-electron chi connectivity index (χ2n) is 9.14. The van der Waals surface area contributed by atoms with Gasteiger partial charge < -0.3 is 9.67 Å². The summed E-state index contributed by atoms with van der Waals surface area (Å²) in [4.78, 5) is 16.3. The van der Waals surface area contributed by atoms with Gasteiger partial charge in [0.05, 0.1) is 16.6 Å². The summed E-state index contributed by atoms with van der Waals surface area (Å²) in [6.07, 6.45) is 4.25. The maximum Gasteiger partial charge on any atom is 0.335 e. The number of imidazole rings is 1. The third-order valence-corrected chi connectivity index (χ3v) is 5.94. The van der Waals surface area contributed by atoms with Crippen molar-refractivity contribution in [1.29, 1.82) is 0 Å². The monoisotopic (exact) mass is 376 g/mol. The Hall–Kier alpha value is -2.62. The molecule has 1 aliphatic carbocycles. The molecule has 0 spiro atoms. The SMILES string of the molecule is C[C@H]1CC(n2c(Cc3ccccc3)nc3cc(C(=O)O)ccc32)CC(C)(C)C1. The number of fused-ring (bicyclic) bond motifs is 1. The van der Waals surface area contributed by atoms with Crippen molar-refractivity contribution in [1.82, 2.24) is 9.55 Å². The van der Waals surface area contributed by atoms with Crippen molar-refractivity contribution in [2.45, 2.75) is 52.5 Å². The Kier molecular flexibility index (Phi) is 4.74. The minimum Gasteiger partial charge on any atom is -0.478 e. The fourth-order valence-corrected chi connectivity index (χ4v) is 5.08. The Labute approximate surface area is 166 Å². The van der Waals surface area contributed by atoms with Crippen LogP contribution in [-0.2, 0) is 6.42 Å². The molecule has 0 amide bonds. The van der Waals surface area contributed by atoms with E-state index in [1.165, 1.54) is 12.0 Å².